The van der Waals surface area contributed by atoms with Crippen LogP contribution >= 0.6 is 0 Å². The topological polar surface area (TPSA) is 56.7 Å². The molecule has 0 radical (unpaired) electrons. The van der Waals surface area contributed by atoms with Gasteiger partial charge in [-0.25, -0.2) is 4.68 Å². The van der Waals surface area contributed by atoms with Gasteiger partial charge in [-0.2, -0.15) is 5.10 Å². The molecule has 0 atom stereocenters. The lowest BCUT2D eigenvalue weighted by Gasteiger charge is -2.08. The molecule has 2 aromatic heterocycles. The second-order valence-corrected chi connectivity index (χ2v) is 3.55. The Morgan fingerprint density at radius 2 is 2.20 bits per heavy atom. The number of pyridine rings is 1. The highest BCUT2D eigenvalue weighted by molar-refractivity contribution is 5.39. The molecule has 0 aliphatic rings. The van der Waals surface area contributed by atoms with E-state index in [9.17, 15) is 0 Å². The number of aromatic nitrogens is 3. The van der Waals surface area contributed by atoms with E-state index in [-0.39, 0.29) is 0 Å². The van der Waals surface area contributed by atoms with Gasteiger partial charge in [0.2, 0.25) is 0 Å². The third kappa shape index (κ3) is 1.76. The number of hydrogen-bond donors (Lipinski definition) is 1. The zero-order valence-electron chi connectivity index (χ0n) is 8.94. The smallest absolute Gasteiger partial charge is 0.0724 e. The summed E-state index contributed by atoms with van der Waals surface area (Å²) in [6.45, 7) is 4.48. The van der Waals surface area contributed by atoms with Gasteiger partial charge in [0, 0.05) is 30.2 Å². The number of rotatable bonds is 2. The van der Waals surface area contributed by atoms with Crippen molar-refractivity contribution in [2.45, 2.75) is 20.4 Å². The molecule has 78 valence electrons. The zero-order chi connectivity index (χ0) is 10.8. The molecule has 0 amide bonds. The molecule has 15 heavy (non-hydrogen) atoms. The van der Waals surface area contributed by atoms with E-state index in [2.05, 4.69) is 10.1 Å². The molecule has 2 aromatic rings. The molecule has 0 spiro atoms. The third-order valence-corrected chi connectivity index (χ3v) is 2.34. The minimum atomic E-state index is 0.474. The zero-order valence-corrected chi connectivity index (χ0v) is 8.94. The Labute approximate surface area is 88.8 Å². The Morgan fingerprint density at radius 1 is 1.40 bits per heavy atom. The summed E-state index contributed by atoms with van der Waals surface area (Å²) in [7, 11) is 0. The molecule has 0 aliphatic heterocycles. The Balaban J connectivity index is 2.58. The van der Waals surface area contributed by atoms with Crippen molar-refractivity contribution in [1.29, 1.82) is 0 Å². The number of aryl methyl sites for hydroxylation is 2. The van der Waals surface area contributed by atoms with Gasteiger partial charge in [0.25, 0.3) is 0 Å². The molecule has 0 aliphatic carbocycles. The molecule has 0 saturated heterocycles. The average Bonchev–Trinajstić information content (AvgIpc) is 2.57. The number of hydrogen-bond acceptors (Lipinski definition) is 3. The van der Waals surface area contributed by atoms with Crippen LogP contribution in [0.15, 0.2) is 24.5 Å². The Hall–Kier alpha value is -1.68. The summed E-state index contributed by atoms with van der Waals surface area (Å²) < 4.78 is 1.90. The molecular weight excluding hydrogens is 188 g/mol. The van der Waals surface area contributed by atoms with Crippen molar-refractivity contribution in [3.63, 3.8) is 0 Å². The van der Waals surface area contributed by atoms with E-state index in [1.165, 1.54) is 0 Å². The summed E-state index contributed by atoms with van der Waals surface area (Å²) >= 11 is 0. The SMILES string of the molecule is Cc1cc(C)n(-c2ccncc2CN)n1. The summed E-state index contributed by atoms with van der Waals surface area (Å²) in [5, 5.41) is 4.42. The fraction of sp³-hybridized carbons (Fsp3) is 0.273. The van der Waals surface area contributed by atoms with Crippen LogP contribution in [0.1, 0.15) is 17.0 Å². The highest BCUT2D eigenvalue weighted by atomic mass is 15.3. The molecule has 0 aromatic carbocycles. The molecule has 0 saturated carbocycles. The van der Waals surface area contributed by atoms with E-state index < -0.39 is 0 Å². The lowest BCUT2D eigenvalue weighted by atomic mass is 10.2. The quantitative estimate of drug-likeness (QED) is 0.799. The molecular formula is C11H14N4. The Kier molecular flexibility index (Phi) is 2.51. The van der Waals surface area contributed by atoms with Crippen molar-refractivity contribution in [3.05, 3.63) is 41.5 Å². The van der Waals surface area contributed by atoms with Crippen LogP contribution in [0.2, 0.25) is 0 Å². The van der Waals surface area contributed by atoms with Crippen molar-refractivity contribution in [2.24, 2.45) is 5.73 Å². The first-order valence-corrected chi connectivity index (χ1v) is 4.89. The van der Waals surface area contributed by atoms with Crippen molar-refractivity contribution in [1.82, 2.24) is 14.8 Å². The second-order valence-electron chi connectivity index (χ2n) is 3.55. The van der Waals surface area contributed by atoms with Crippen molar-refractivity contribution in [2.75, 3.05) is 0 Å². The molecule has 0 fully saturated rings. The van der Waals surface area contributed by atoms with Crippen molar-refractivity contribution in [3.8, 4) is 5.69 Å². The van der Waals surface area contributed by atoms with Gasteiger partial charge in [0.15, 0.2) is 0 Å². The number of nitrogens with zero attached hydrogens (tertiary/aromatic N) is 3. The fourth-order valence-corrected chi connectivity index (χ4v) is 1.66. The largest absolute Gasteiger partial charge is 0.326 e. The van der Waals surface area contributed by atoms with E-state index in [0.717, 1.165) is 22.6 Å². The van der Waals surface area contributed by atoms with Crippen LogP contribution in [0, 0.1) is 13.8 Å². The van der Waals surface area contributed by atoms with Gasteiger partial charge < -0.3 is 5.73 Å². The molecule has 0 unspecified atom stereocenters. The summed E-state index contributed by atoms with van der Waals surface area (Å²) in [5.74, 6) is 0. The first-order chi connectivity index (χ1) is 7.22. The summed E-state index contributed by atoms with van der Waals surface area (Å²) in [5.41, 5.74) is 9.79. The van der Waals surface area contributed by atoms with Crippen molar-refractivity contribution < 1.29 is 0 Å². The minimum absolute atomic E-state index is 0.474. The predicted octanol–water partition coefficient (Wildman–Crippen LogP) is 1.34. The van der Waals surface area contributed by atoms with Crippen LogP contribution in [0.5, 0.6) is 0 Å². The van der Waals surface area contributed by atoms with Gasteiger partial charge in [-0.15, -0.1) is 0 Å². The van der Waals surface area contributed by atoms with Crippen LogP contribution in [0.3, 0.4) is 0 Å². The van der Waals surface area contributed by atoms with Crippen LogP contribution < -0.4 is 5.73 Å². The highest BCUT2D eigenvalue weighted by Gasteiger charge is 2.07. The van der Waals surface area contributed by atoms with E-state index >= 15 is 0 Å². The molecule has 4 heteroatoms. The lowest BCUT2D eigenvalue weighted by Crippen LogP contribution is -2.07. The molecule has 2 rings (SSSR count). The maximum atomic E-state index is 5.66. The van der Waals surface area contributed by atoms with Crippen molar-refractivity contribution >= 4 is 0 Å². The first kappa shape index (κ1) is 9.86. The number of nitrogens with two attached hydrogens (primary N) is 1. The maximum Gasteiger partial charge on any atom is 0.0724 e. The van der Waals surface area contributed by atoms with Crippen LogP contribution in [-0.4, -0.2) is 14.8 Å². The molecule has 0 bridgehead atoms. The Morgan fingerprint density at radius 3 is 2.80 bits per heavy atom. The standard InChI is InChI=1S/C11H14N4/c1-8-5-9(2)15(14-8)11-3-4-13-7-10(11)6-12/h3-5,7H,6,12H2,1-2H3. The van der Waals surface area contributed by atoms with E-state index in [1.807, 2.05) is 30.7 Å². The van der Waals surface area contributed by atoms with E-state index in [4.69, 9.17) is 5.73 Å². The summed E-state index contributed by atoms with van der Waals surface area (Å²) in [6.07, 6.45) is 3.54. The normalized spacial score (nSPS) is 10.6. The molecule has 2 heterocycles. The fourth-order valence-electron chi connectivity index (χ4n) is 1.66. The second kappa shape index (κ2) is 3.82. The van der Waals surface area contributed by atoms with Crippen LogP contribution in [0.4, 0.5) is 0 Å². The van der Waals surface area contributed by atoms with Gasteiger partial charge in [0.05, 0.1) is 11.4 Å². The molecule has 4 nitrogen and oxygen atoms in total. The molecule has 2 N–H and O–H groups in total. The maximum absolute atomic E-state index is 5.66. The van der Waals surface area contributed by atoms with Crippen LogP contribution in [0.25, 0.3) is 5.69 Å². The lowest BCUT2D eigenvalue weighted by molar-refractivity contribution is 0.814. The summed E-state index contributed by atoms with van der Waals surface area (Å²) in [6, 6.07) is 3.97. The van der Waals surface area contributed by atoms with E-state index in [0.29, 0.717) is 6.54 Å². The third-order valence-electron chi connectivity index (χ3n) is 2.34. The monoisotopic (exact) mass is 202 g/mol. The highest BCUT2D eigenvalue weighted by Crippen LogP contribution is 2.15. The average molecular weight is 202 g/mol. The van der Waals surface area contributed by atoms with Gasteiger partial charge in [-0.1, -0.05) is 0 Å². The van der Waals surface area contributed by atoms with Gasteiger partial charge >= 0.3 is 0 Å². The Bertz CT molecular complexity index is 473. The predicted molar refractivity (Wildman–Crippen MR) is 58.7 cm³/mol. The van der Waals surface area contributed by atoms with Gasteiger partial charge in [-0.05, 0) is 26.0 Å². The van der Waals surface area contributed by atoms with Gasteiger partial charge in [-0.3, -0.25) is 4.98 Å². The van der Waals surface area contributed by atoms with Gasteiger partial charge in [0.1, 0.15) is 0 Å². The van der Waals surface area contributed by atoms with Crippen LogP contribution in [-0.2, 0) is 6.54 Å². The minimum Gasteiger partial charge on any atom is -0.326 e. The first-order valence-electron chi connectivity index (χ1n) is 4.89. The summed E-state index contributed by atoms with van der Waals surface area (Å²) in [4.78, 5) is 4.06. The van der Waals surface area contributed by atoms with E-state index in [1.54, 1.807) is 12.4 Å².